The largest absolute Gasteiger partial charge is 0.497 e. The Kier molecular flexibility index (Phi) is 5.18. The zero-order chi connectivity index (χ0) is 17.9. The minimum atomic E-state index is -1.08. The molecule has 0 spiro atoms. The Labute approximate surface area is 139 Å². The molecule has 0 saturated heterocycles. The van der Waals surface area contributed by atoms with Crippen LogP contribution in [-0.4, -0.2) is 45.1 Å². The first kappa shape index (κ1) is 17.5. The monoisotopic (exact) mass is 332 g/mol. The lowest BCUT2D eigenvalue weighted by Crippen LogP contribution is -2.44. The summed E-state index contributed by atoms with van der Waals surface area (Å²) in [4.78, 5) is 23.5. The third-order valence-corrected chi connectivity index (χ3v) is 3.65. The normalized spacial score (nSPS) is 12.0. The van der Waals surface area contributed by atoms with Crippen LogP contribution in [0.3, 0.4) is 0 Å². The van der Waals surface area contributed by atoms with Crippen molar-refractivity contribution in [3.63, 3.8) is 0 Å². The number of carbonyl (C=O) groups excluding carboxylic acids is 1. The molecule has 128 valence electrons. The van der Waals surface area contributed by atoms with Gasteiger partial charge >= 0.3 is 5.97 Å². The quantitative estimate of drug-likeness (QED) is 0.828. The maximum absolute atomic E-state index is 12.3. The fourth-order valence-corrected chi connectivity index (χ4v) is 2.23. The van der Waals surface area contributed by atoms with E-state index in [1.165, 1.54) is 4.68 Å². The Bertz CT molecular complexity index is 737. The van der Waals surface area contributed by atoms with Crippen LogP contribution in [0.25, 0.3) is 5.69 Å². The molecule has 1 atom stereocenters. The molecule has 24 heavy (non-hydrogen) atoms. The highest BCUT2D eigenvalue weighted by Crippen LogP contribution is 2.17. The van der Waals surface area contributed by atoms with Crippen molar-refractivity contribution in [1.29, 1.82) is 0 Å². The number of nitrogens with zero attached hydrogens (tertiary/aromatic N) is 3. The van der Waals surface area contributed by atoms with Gasteiger partial charge in [-0.15, -0.1) is 5.10 Å². The first-order chi connectivity index (χ1) is 11.3. The molecule has 2 rings (SSSR count). The van der Waals surface area contributed by atoms with E-state index in [4.69, 9.17) is 4.74 Å². The average molecular weight is 332 g/mol. The number of carbonyl (C=O) groups is 2. The maximum Gasteiger partial charge on any atom is 0.326 e. The summed E-state index contributed by atoms with van der Waals surface area (Å²) in [5.74, 6) is -1.19. The van der Waals surface area contributed by atoms with Crippen LogP contribution in [0.15, 0.2) is 24.3 Å². The van der Waals surface area contributed by atoms with Gasteiger partial charge in [0, 0.05) is 0 Å². The lowest BCUT2D eigenvalue weighted by atomic mass is 10.0. The second-order valence-electron chi connectivity index (χ2n) is 5.67. The number of amides is 1. The molecule has 1 heterocycles. The molecule has 2 aromatic rings. The number of aliphatic carboxylic acids is 1. The SMILES string of the molecule is COc1ccc(-n2nnc(C(=O)N[C@@H](C(=O)O)C(C)C)c2C)cc1. The molecule has 0 unspecified atom stereocenters. The zero-order valence-corrected chi connectivity index (χ0v) is 14.0. The Hall–Kier alpha value is -2.90. The first-order valence-electron chi connectivity index (χ1n) is 7.45. The molecule has 0 radical (unpaired) electrons. The number of carboxylic acids is 1. The van der Waals surface area contributed by atoms with Crippen molar-refractivity contribution >= 4 is 11.9 Å². The third kappa shape index (κ3) is 3.53. The zero-order valence-electron chi connectivity index (χ0n) is 14.0. The van der Waals surface area contributed by atoms with Crippen LogP contribution in [0.2, 0.25) is 0 Å². The molecular formula is C16H20N4O4. The Morgan fingerprint density at radius 3 is 2.38 bits per heavy atom. The van der Waals surface area contributed by atoms with Crippen LogP contribution >= 0.6 is 0 Å². The summed E-state index contributed by atoms with van der Waals surface area (Å²) in [6.45, 7) is 5.14. The van der Waals surface area contributed by atoms with Crippen LogP contribution in [0.1, 0.15) is 30.0 Å². The van der Waals surface area contributed by atoms with Gasteiger partial charge in [-0.1, -0.05) is 19.1 Å². The molecule has 1 amide bonds. The fourth-order valence-electron chi connectivity index (χ4n) is 2.23. The van der Waals surface area contributed by atoms with Crippen LogP contribution in [0, 0.1) is 12.8 Å². The predicted molar refractivity (Wildman–Crippen MR) is 86.4 cm³/mol. The summed E-state index contributed by atoms with van der Waals surface area (Å²) in [6.07, 6.45) is 0. The van der Waals surface area contributed by atoms with Crippen molar-refractivity contribution in [1.82, 2.24) is 20.3 Å². The number of benzene rings is 1. The van der Waals surface area contributed by atoms with Crippen LogP contribution in [0.5, 0.6) is 5.75 Å². The lowest BCUT2D eigenvalue weighted by Gasteiger charge is -2.17. The molecule has 1 aromatic heterocycles. The molecule has 2 N–H and O–H groups in total. The summed E-state index contributed by atoms with van der Waals surface area (Å²) in [5, 5.41) is 19.5. The van der Waals surface area contributed by atoms with Gasteiger partial charge in [-0.05, 0) is 37.1 Å². The number of methoxy groups -OCH3 is 1. The van der Waals surface area contributed by atoms with E-state index < -0.39 is 17.9 Å². The third-order valence-electron chi connectivity index (χ3n) is 3.65. The molecule has 0 bridgehead atoms. The number of carboxylic acid groups (broad SMARTS) is 1. The highest BCUT2D eigenvalue weighted by atomic mass is 16.5. The van der Waals surface area contributed by atoms with E-state index in [9.17, 15) is 14.7 Å². The second-order valence-corrected chi connectivity index (χ2v) is 5.67. The average Bonchev–Trinajstić information content (AvgIpc) is 2.93. The Morgan fingerprint density at radius 2 is 1.88 bits per heavy atom. The molecule has 0 saturated carbocycles. The minimum absolute atomic E-state index is 0.0951. The van der Waals surface area contributed by atoms with Crippen molar-refractivity contribution in [2.24, 2.45) is 5.92 Å². The van der Waals surface area contributed by atoms with Crippen molar-refractivity contribution in [2.45, 2.75) is 26.8 Å². The maximum atomic E-state index is 12.3. The van der Waals surface area contributed by atoms with Crippen molar-refractivity contribution in [2.75, 3.05) is 7.11 Å². The molecule has 0 fully saturated rings. The number of hydrogen-bond acceptors (Lipinski definition) is 5. The van der Waals surface area contributed by atoms with Crippen molar-refractivity contribution < 1.29 is 19.4 Å². The van der Waals surface area contributed by atoms with E-state index in [1.807, 2.05) is 0 Å². The van der Waals surface area contributed by atoms with Crippen LogP contribution < -0.4 is 10.1 Å². The van der Waals surface area contributed by atoms with Gasteiger partial charge in [0.1, 0.15) is 11.8 Å². The molecule has 0 aliphatic heterocycles. The van der Waals surface area contributed by atoms with Gasteiger partial charge in [-0.25, -0.2) is 9.48 Å². The smallest absolute Gasteiger partial charge is 0.326 e. The summed E-state index contributed by atoms with van der Waals surface area (Å²) >= 11 is 0. The first-order valence-corrected chi connectivity index (χ1v) is 7.45. The molecule has 8 heteroatoms. The highest BCUT2D eigenvalue weighted by molar-refractivity contribution is 5.95. The van der Waals surface area contributed by atoms with Gasteiger partial charge in [0.2, 0.25) is 0 Å². The summed E-state index contributed by atoms with van der Waals surface area (Å²) in [7, 11) is 1.58. The van der Waals surface area contributed by atoms with Gasteiger partial charge in [0.25, 0.3) is 5.91 Å². The predicted octanol–water partition coefficient (Wildman–Crippen LogP) is 1.42. The minimum Gasteiger partial charge on any atom is -0.497 e. The van der Waals surface area contributed by atoms with E-state index in [1.54, 1.807) is 52.1 Å². The standard InChI is InChI=1S/C16H20N4O4/c1-9(2)13(16(22)23)17-15(21)14-10(3)20(19-18-14)11-5-7-12(24-4)8-6-11/h5-9,13H,1-4H3,(H,17,21)(H,22,23)/t13-/m1/s1. The number of ether oxygens (including phenoxy) is 1. The van der Waals surface area contributed by atoms with Crippen molar-refractivity contribution in [3.05, 3.63) is 35.7 Å². The number of aromatic nitrogens is 3. The van der Waals surface area contributed by atoms with E-state index >= 15 is 0 Å². The van der Waals surface area contributed by atoms with E-state index in [0.29, 0.717) is 11.4 Å². The number of rotatable bonds is 6. The fraction of sp³-hybridized carbons (Fsp3) is 0.375. The Balaban J connectivity index is 2.25. The molecular weight excluding hydrogens is 312 g/mol. The van der Waals surface area contributed by atoms with E-state index in [0.717, 1.165) is 5.69 Å². The second kappa shape index (κ2) is 7.12. The van der Waals surface area contributed by atoms with E-state index in [2.05, 4.69) is 15.6 Å². The summed E-state index contributed by atoms with van der Waals surface area (Å²) < 4.78 is 6.62. The summed E-state index contributed by atoms with van der Waals surface area (Å²) in [5.41, 5.74) is 1.33. The van der Waals surface area contributed by atoms with Gasteiger partial charge in [-0.2, -0.15) is 0 Å². The van der Waals surface area contributed by atoms with Gasteiger partial charge in [0.05, 0.1) is 18.5 Å². The lowest BCUT2D eigenvalue weighted by molar-refractivity contribution is -0.140. The summed E-state index contributed by atoms with van der Waals surface area (Å²) in [6, 6.07) is 6.14. The molecule has 0 aliphatic rings. The van der Waals surface area contributed by atoms with Crippen molar-refractivity contribution in [3.8, 4) is 11.4 Å². The number of nitrogens with one attached hydrogen (secondary N) is 1. The molecule has 8 nitrogen and oxygen atoms in total. The molecule has 0 aliphatic carbocycles. The topological polar surface area (TPSA) is 106 Å². The number of hydrogen-bond donors (Lipinski definition) is 2. The molecule has 1 aromatic carbocycles. The Morgan fingerprint density at radius 1 is 1.25 bits per heavy atom. The highest BCUT2D eigenvalue weighted by Gasteiger charge is 2.26. The van der Waals surface area contributed by atoms with Gasteiger partial charge < -0.3 is 15.2 Å². The van der Waals surface area contributed by atoms with Gasteiger partial charge in [0.15, 0.2) is 5.69 Å². The van der Waals surface area contributed by atoms with E-state index in [-0.39, 0.29) is 11.6 Å². The van der Waals surface area contributed by atoms with Crippen LogP contribution in [0.4, 0.5) is 0 Å². The van der Waals surface area contributed by atoms with Crippen LogP contribution in [-0.2, 0) is 4.79 Å². The van der Waals surface area contributed by atoms with Gasteiger partial charge in [-0.3, -0.25) is 4.79 Å².